The molecule has 0 atom stereocenters. The molecule has 0 bridgehead atoms. The lowest BCUT2D eigenvalue weighted by Crippen LogP contribution is -2.07. The topological polar surface area (TPSA) is 111 Å². The van der Waals surface area contributed by atoms with Crippen LogP contribution in [0.1, 0.15) is 0 Å². The summed E-state index contributed by atoms with van der Waals surface area (Å²) >= 11 is 1.24. The minimum Gasteiger partial charge on any atom is -0.402 e. The molecule has 0 saturated heterocycles. The molecule has 9 heavy (non-hydrogen) atoms. The van der Waals surface area contributed by atoms with Gasteiger partial charge in [-0.3, -0.25) is 5.41 Å². The Morgan fingerprint density at radius 2 is 1.67 bits per heavy atom. The van der Waals surface area contributed by atoms with Crippen molar-refractivity contribution in [3.05, 3.63) is 0 Å². The van der Waals surface area contributed by atoms with Gasteiger partial charge >= 0.3 is 7.32 Å². The lowest BCUT2D eigenvalue weighted by atomic mass is 10.3. The molecule has 7 heteroatoms. The summed E-state index contributed by atoms with van der Waals surface area (Å²) in [4.78, 5) is 0. The number of rotatable bonds is 0. The van der Waals surface area contributed by atoms with Gasteiger partial charge in [-0.1, -0.05) is 11.8 Å². The van der Waals surface area contributed by atoms with Crippen molar-refractivity contribution in [3.8, 4) is 0 Å². The van der Waals surface area contributed by atoms with E-state index in [0.29, 0.717) is 0 Å². The maximum atomic E-state index is 7.17. The smallest absolute Gasteiger partial charge is 0.402 e. The Morgan fingerprint density at radius 3 is 1.67 bits per heavy atom. The van der Waals surface area contributed by atoms with Crippen molar-refractivity contribution >= 4 is 24.3 Å². The molecule has 0 amide bonds. The first-order valence-corrected chi connectivity index (χ1v) is 3.15. The molecule has 0 heterocycles. The summed E-state index contributed by atoms with van der Waals surface area (Å²) in [5.74, 6) is 0. The molecule has 5 nitrogen and oxygen atoms in total. The Morgan fingerprint density at radius 1 is 1.56 bits per heavy atom. The third kappa shape index (κ3) is 82.8. The van der Waals surface area contributed by atoms with E-state index in [1.54, 1.807) is 6.26 Å². The summed E-state index contributed by atoms with van der Waals surface area (Å²) in [7, 11) is -2.17. The molecule has 0 aliphatic carbocycles. The van der Waals surface area contributed by atoms with Crippen LogP contribution in [0.4, 0.5) is 0 Å². The van der Waals surface area contributed by atoms with E-state index in [0.717, 1.165) is 0 Å². The van der Waals surface area contributed by atoms with Gasteiger partial charge in [0.05, 0.1) is 0 Å². The molecule has 0 aromatic rings. The van der Waals surface area contributed by atoms with Crippen LogP contribution in [0.3, 0.4) is 0 Å². The Bertz CT molecular complexity index is 77.5. The third-order valence-corrected chi connectivity index (χ3v) is 0.660. The number of hydrogen-bond acceptors (Lipinski definition) is 5. The summed E-state index contributed by atoms with van der Waals surface area (Å²) < 4.78 is 0. The van der Waals surface area contributed by atoms with Crippen LogP contribution in [0, 0.1) is 5.41 Å². The normalized spacial score (nSPS) is 7.11. The molecule has 0 aliphatic heterocycles. The number of amidine groups is 1. The Hall–Kier alpha value is -0.235. The fraction of sp³-hybridized carbons (Fsp3) is 0.500. The summed E-state index contributed by atoms with van der Waals surface area (Å²) in [5, 5.41) is 28.2. The zero-order valence-corrected chi connectivity index (χ0v) is 5.72. The highest BCUT2D eigenvalue weighted by molar-refractivity contribution is 8.13. The molecule has 0 fully saturated rings. The SMILES string of the molecule is CSC(=N)N.OB(O)O. The van der Waals surface area contributed by atoms with Crippen molar-refractivity contribution in [2.24, 2.45) is 5.73 Å². The van der Waals surface area contributed by atoms with Gasteiger partial charge in [-0.25, -0.2) is 0 Å². The minimum atomic E-state index is -2.17. The first kappa shape index (κ1) is 11.5. The van der Waals surface area contributed by atoms with Gasteiger partial charge in [0.25, 0.3) is 0 Å². The van der Waals surface area contributed by atoms with Gasteiger partial charge in [0.2, 0.25) is 0 Å². The van der Waals surface area contributed by atoms with Crippen LogP contribution in [-0.4, -0.2) is 33.8 Å². The Labute approximate surface area is 57.6 Å². The fourth-order valence-corrected chi connectivity index (χ4v) is 0. The fourth-order valence-electron chi connectivity index (χ4n) is 0. The quantitative estimate of drug-likeness (QED) is 0.159. The molecule has 0 aromatic heterocycles. The van der Waals surface area contributed by atoms with Gasteiger partial charge in [-0.15, -0.1) is 0 Å². The van der Waals surface area contributed by atoms with E-state index in [1.807, 2.05) is 0 Å². The maximum Gasteiger partial charge on any atom is 0.631 e. The minimum absolute atomic E-state index is 0.171. The molecule has 0 aromatic carbocycles. The van der Waals surface area contributed by atoms with Gasteiger partial charge in [-0.05, 0) is 6.26 Å². The Kier molecular flexibility index (Phi) is 9.96. The molecule has 0 radical (unpaired) electrons. The number of hydrogen-bond donors (Lipinski definition) is 5. The van der Waals surface area contributed by atoms with Crippen molar-refractivity contribution in [3.63, 3.8) is 0 Å². The monoisotopic (exact) mass is 152 g/mol. The van der Waals surface area contributed by atoms with Crippen molar-refractivity contribution in [1.29, 1.82) is 5.41 Å². The van der Waals surface area contributed by atoms with Crippen LogP contribution in [-0.2, 0) is 0 Å². The van der Waals surface area contributed by atoms with E-state index >= 15 is 0 Å². The van der Waals surface area contributed by atoms with E-state index in [4.69, 9.17) is 26.2 Å². The molecular formula is C2H9BN2O3S. The van der Waals surface area contributed by atoms with Crippen LogP contribution >= 0.6 is 11.8 Å². The summed E-state index contributed by atoms with van der Waals surface area (Å²) in [6.07, 6.45) is 1.77. The summed E-state index contributed by atoms with van der Waals surface area (Å²) in [6.45, 7) is 0. The predicted molar refractivity (Wildman–Crippen MR) is 37.8 cm³/mol. The van der Waals surface area contributed by atoms with Gasteiger partial charge in [0, 0.05) is 0 Å². The molecular weight excluding hydrogens is 143 g/mol. The molecule has 0 unspecified atom stereocenters. The highest BCUT2D eigenvalue weighted by atomic mass is 32.2. The van der Waals surface area contributed by atoms with Crippen molar-refractivity contribution in [1.82, 2.24) is 0 Å². The summed E-state index contributed by atoms with van der Waals surface area (Å²) in [6, 6.07) is 0. The second-order valence-corrected chi connectivity index (χ2v) is 1.76. The zero-order valence-electron chi connectivity index (χ0n) is 4.90. The number of thioether (sulfide) groups is 1. The van der Waals surface area contributed by atoms with Gasteiger partial charge < -0.3 is 20.8 Å². The average Bonchev–Trinajstić information content (AvgIpc) is 1.65. The van der Waals surface area contributed by atoms with Crippen LogP contribution in [0.25, 0.3) is 0 Å². The van der Waals surface area contributed by atoms with Crippen LogP contribution < -0.4 is 5.73 Å². The lowest BCUT2D eigenvalue weighted by molar-refractivity contribution is 0.278. The lowest BCUT2D eigenvalue weighted by Gasteiger charge is -1.78. The largest absolute Gasteiger partial charge is 0.631 e. The van der Waals surface area contributed by atoms with Crippen LogP contribution in [0.2, 0.25) is 0 Å². The molecule has 0 spiro atoms. The summed E-state index contributed by atoms with van der Waals surface area (Å²) in [5.41, 5.74) is 4.84. The van der Waals surface area contributed by atoms with Gasteiger partial charge in [0.15, 0.2) is 5.17 Å². The molecule has 6 N–H and O–H groups in total. The van der Waals surface area contributed by atoms with E-state index in [-0.39, 0.29) is 5.17 Å². The average molecular weight is 152 g/mol. The van der Waals surface area contributed by atoms with Gasteiger partial charge in [0.1, 0.15) is 0 Å². The van der Waals surface area contributed by atoms with Crippen molar-refractivity contribution in [2.45, 2.75) is 0 Å². The van der Waals surface area contributed by atoms with Gasteiger partial charge in [-0.2, -0.15) is 0 Å². The zero-order chi connectivity index (χ0) is 7.86. The maximum absolute atomic E-state index is 7.17. The Balaban J connectivity index is 0. The highest BCUT2D eigenvalue weighted by Crippen LogP contribution is 1.83. The second kappa shape index (κ2) is 7.76. The van der Waals surface area contributed by atoms with E-state index < -0.39 is 7.32 Å². The van der Waals surface area contributed by atoms with Crippen molar-refractivity contribution < 1.29 is 15.1 Å². The number of nitrogens with two attached hydrogens (primary N) is 1. The third-order valence-electron chi connectivity index (χ3n) is 0.220. The van der Waals surface area contributed by atoms with E-state index in [9.17, 15) is 0 Å². The molecule has 54 valence electrons. The van der Waals surface area contributed by atoms with Crippen LogP contribution in [0.15, 0.2) is 0 Å². The van der Waals surface area contributed by atoms with Crippen LogP contribution in [0.5, 0.6) is 0 Å². The first-order valence-electron chi connectivity index (χ1n) is 1.93. The predicted octanol–water partition coefficient (Wildman–Crippen LogP) is -1.81. The highest BCUT2D eigenvalue weighted by Gasteiger charge is 1.92. The number of nitrogens with one attached hydrogen (secondary N) is 1. The van der Waals surface area contributed by atoms with E-state index in [1.165, 1.54) is 11.8 Å². The molecule has 0 aliphatic rings. The van der Waals surface area contributed by atoms with E-state index in [2.05, 4.69) is 0 Å². The molecule has 0 rings (SSSR count). The first-order chi connectivity index (χ1) is 4.00. The standard InChI is InChI=1S/C2H6N2S.BH3O3/c1-5-2(3)4;2-1(3)4/h1H3,(H3,3,4);2-4H. The molecule has 0 saturated carbocycles. The van der Waals surface area contributed by atoms with Crippen molar-refractivity contribution in [2.75, 3.05) is 6.26 Å². The second-order valence-electron chi connectivity index (χ2n) is 0.915.